The van der Waals surface area contributed by atoms with E-state index in [1.165, 1.54) is 0 Å². The van der Waals surface area contributed by atoms with Gasteiger partial charge in [0.25, 0.3) is 0 Å². The average Bonchev–Trinajstić information content (AvgIpc) is 2.64. The van der Waals surface area contributed by atoms with Crippen LogP contribution < -0.4 is 18.9 Å². The largest absolute Gasteiger partial charge is 0.496 e. The predicted octanol–water partition coefficient (Wildman–Crippen LogP) is 4.61. The zero-order valence-corrected chi connectivity index (χ0v) is 15.4. The number of rotatable bonds is 7. The number of benzene rings is 2. The van der Waals surface area contributed by atoms with Gasteiger partial charge in [-0.1, -0.05) is 18.2 Å². The molecule has 0 radical (unpaired) electrons. The molecule has 2 aromatic carbocycles. The van der Waals surface area contributed by atoms with Crippen LogP contribution in [0.1, 0.15) is 11.1 Å². The van der Waals surface area contributed by atoms with Crippen molar-refractivity contribution in [2.45, 2.75) is 4.90 Å². The summed E-state index contributed by atoms with van der Waals surface area (Å²) < 4.78 is 21.4. The standard InChI is InChI=1S/C19H22O4S/c1-20-15-9-8-13(12-18(15)24-5)6-7-14-10-16(21-2)19(23-4)17(11-14)22-3/h6-12H,1-5H3/b7-6-. The van der Waals surface area contributed by atoms with E-state index >= 15 is 0 Å². The first kappa shape index (κ1) is 18.1. The molecule has 0 aliphatic rings. The third-order valence-electron chi connectivity index (χ3n) is 3.56. The molecular formula is C19H22O4S. The Kier molecular flexibility index (Phi) is 6.44. The highest BCUT2D eigenvalue weighted by Gasteiger charge is 2.12. The first-order valence-electron chi connectivity index (χ1n) is 7.37. The quantitative estimate of drug-likeness (QED) is 0.540. The molecule has 0 spiro atoms. The van der Waals surface area contributed by atoms with Crippen molar-refractivity contribution in [2.24, 2.45) is 0 Å². The zero-order valence-electron chi connectivity index (χ0n) is 14.6. The number of methoxy groups -OCH3 is 4. The molecule has 0 saturated carbocycles. The first-order valence-corrected chi connectivity index (χ1v) is 8.59. The van der Waals surface area contributed by atoms with Crippen molar-refractivity contribution in [3.05, 3.63) is 41.5 Å². The van der Waals surface area contributed by atoms with Crippen molar-refractivity contribution >= 4 is 23.9 Å². The van der Waals surface area contributed by atoms with Crippen molar-refractivity contribution in [3.8, 4) is 23.0 Å². The van der Waals surface area contributed by atoms with Gasteiger partial charge in [-0.3, -0.25) is 0 Å². The second-order valence-electron chi connectivity index (χ2n) is 4.91. The number of hydrogen-bond acceptors (Lipinski definition) is 5. The zero-order chi connectivity index (χ0) is 17.5. The number of ether oxygens (including phenoxy) is 4. The molecule has 0 atom stereocenters. The van der Waals surface area contributed by atoms with Crippen LogP contribution in [0.4, 0.5) is 0 Å². The van der Waals surface area contributed by atoms with E-state index in [0.717, 1.165) is 21.8 Å². The van der Waals surface area contributed by atoms with E-state index in [-0.39, 0.29) is 0 Å². The fourth-order valence-corrected chi connectivity index (χ4v) is 2.95. The Hall–Kier alpha value is -2.27. The maximum absolute atomic E-state index is 5.38. The highest BCUT2D eigenvalue weighted by molar-refractivity contribution is 7.98. The Labute approximate surface area is 147 Å². The Morgan fingerprint density at radius 1 is 0.708 bits per heavy atom. The van der Waals surface area contributed by atoms with Gasteiger partial charge in [0.05, 0.1) is 28.4 Å². The van der Waals surface area contributed by atoms with E-state index in [9.17, 15) is 0 Å². The van der Waals surface area contributed by atoms with Gasteiger partial charge in [0.1, 0.15) is 5.75 Å². The Morgan fingerprint density at radius 3 is 1.79 bits per heavy atom. The van der Waals surface area contributed by atoms with Gasteiger partial charge in [0, 0.05) is 4.90 Å². The van der Waals surface area contributed by atoms with Gasteiger partial charge >= 0.3 is 0 Å². The molecule has 0 unspecified atom stereocenters. The van der Waals surface area contributed by atoms with Gasteiger partial charge < -0.3 is 18.9 Å². The van der Waals surface area contributed by atoms with Crippen LogP contribution in [0, 0.1) is 0 Å². The highest BCUT2D eigenvalue weighted by Crippen LogP contribution is 2.38. The lowest BCUT2D eigenvalue weighted by Crippen LogP contribution is -1.95. The van der Waals surface area contributed by atoms with E-state index < -0.39 is 0 Å². The van der Waals surface area contributed by atoms with Crippen molar-refractivity contribution in [3.63, 3.8) is 0 Å². The third-order valence-corrected chi connectivity index (χ3v) is 4.32. The normalized spacial score (nSPS) is 10.7. The van der Waals surface area contributed by atoms with Gasteiger partial charge in [-0.2, -0.15) is 0 Å². The lowest BCUT2D eigenvalue weighted by molar-refractivity contribution is 0.324. The molecule has 4 nitrogen and oxygen atoms in total. The summed E-state index contributed by atoms with van der Waals surface area (Å²) in [7, 11) is 6.50. The number of hydrogen-bond donors (Lipinski definition) is 0. The lowest BCUT2D eigenvalue weighted by Gasteiger charge is -2.12. The average molecular weight is 346 g/mol. The van der Waals surface area contributed by atoms with E-state index in [1.807, 2.05) is 42.7 Å². The van der Waals surface area contributed by atoms with E-state index in [1.54, 1.807) is 40.2 Å². The van der Waals surface area contributed by atoms with Crippen LogP contribution in [0.2, 0.25) is 0 Å². The van der Waals surface area contributed by atoms with E-state index in [2.05, 4.69) is 6.07 Å². The minimum atomic E-state index is 0.589. The van der Waals surface area contributed by atoms with Gasteiger partial charge in [-0.05, 0) is 41.6 Å². The highest BCUT2D eigenvalue weighted by atomic mass is 32.2. The number of thioether (sulfide) groups is 1. The fraction of sp³-hybridized carbons (Fsp3) is 0.263. The summed E-state index contributed by atoms with van der Waals surface area (Å²) in [5.41, 5.74) is 2.06. The van der Waals surface area contributed by atoms with Crippen molar-refractivity contribution < 1.29 is 18.9 Å². The molecule has 0 N–H and O–H groups in total. The first-order chi connectivity index (χ1) is 11.7. The smallest absolute Gasteiger partial charge is 0.203 e. The summed E-state index contributed by atoms with van der Waals surface area (Å²) in [5, 5.41) is 0. The Balaban J connectivity index is 2.35. The molecule has 0 aliphatic carbocycles. The van der Waals surface area contributed by atoms with Gasteiger partial charge in [-0.25, -0.2) is 0 Å². The van der Waals surface area contributed by atoms with Crippen LogP contribution in [0.5, 0.6) is 23.0 Å². The van der Waals surface area contributed by atoms with Crippen molar-refractivity contribution in [2.75, 3.05) is 34.7 Å². The summed E-state index contributed by atoms with van der Waals surface area (Å²) in [5.74, 6) is 2.74. The minimum Gasteiger partial charge on any atom is -0.496 e. The summed E-state index contributed by atoms with van der Waals surface area (Å²) in [6.07, 6.45) is 6.08. The van der Waals surface area contributed by atoms with Crippen molar-refractivity contribution in [1.82, 2.24) is 0 Å². The van der Waals surface area contributed by atoms with Crippen LogP contribution in [0.25, 0.3) is 12.2 Å². The lowest BCUT2D eigenvalue weighted by atomic mass is 10.1. The van der Waals surface area contributed by atoms with Crippen molar-refractivity contribution in [1.29, 1.82) is 0 Å². The van der Waals surface area contributed by atoms with Crippen LogP contribution in [0.3, 0.4) is 0 Å². The van der Waals surface area contributed by atoms with Crippen LogP contribution >= 0.6 is 11.8 Å². The Morgan fingerprint density at radius 2 is 1.29 bits per heavy atom. The fourth-order valence-electron chi connectivity index (χ4n) is 2.35. The molecular weight excluding hydrogens is 324 g/mol. The molecule has 0 bridgehead atoms. The maximum Gasteiger partial charge on any atom is 0.203 e. The SMILES string of the molecule is COc1ccc(/C=C\c2cc(OC)c(OC)c(OC)c2)cc1SC. The third kappa shape index (κ3) is 3.97. The molecule has 0 heterocycles. The second kappa shape index (κ2) is 8.55. The predicted molar refractivity (Wildman–Crippen MR) is 99.8 cm³/mol. The molecule has 0 saturated heterocycles. The molecule has 5 heteroatoms. The maximum atomic E-state index is 5.38. The topological polar surface area (TPSA) is 36.9 Å². The van der Waals surface area contributed by atoms with E-state index in [0.29, 0.717) is 17.2 Å². The summed E-state index contributed by atoms with van der Waals surface area (Å²) in [6.45, 7) is 0. The minimum absolute atomic E-state index is 0.589. The molecule has 128 valence electrons. The summed E-state index contributed by atoms with van der Waals surface area (Å²) in [6, 6.07) is 9.92. The van der Waals surface area contributed by atoms with Crippen LogP contribution in [0.15, 0.2) is 35.2 Å². The molecule has 0 aromatic heterocycles. The Bertz CT molecular complexity index is 700. The molecule has 24 heavy (non-hydrogen) atoms. The van der Waals surface area contributed by atoms with Gasteiger partial charge in [0.2, 0.25) is 5.75 Å². The monoisotopic (exact) mass is 346 g/mol. The molecule has 2 rings (SSSR count). The summed E-state index contributed by atoms with van der Waals surface area (Å²) in [4.78, 5) is 1.10. The van der Waals surface area contributed by atoms with E-state index in [4.69, 9.17) is 18.9 Å². The molecule has 0 fully saturated rings. The molecule has 0 amide bonds. The molecule has 2 aromatic rings. The summed E-state index contributed by atoms with van der Waals surface area (Å²) >= 11 is 1.66. The van der Waals surface area contributed by atoms with Crippen LogP contribution in [-0.2, 0) is 0 Å². The second-order valence-corrected chi connectivity index (χ2v) is 5.75. The van der Waals surface area contributed by atoms with Gasteiger partial charge in [0.15, 0.2) is 11.5 Å². The van der Waals surface area contributed by atoms with Gasteiger partial charge in [-0.15, -0.1) is 11.8 Å². The molecule has 0 aliphatic heterocycles. The van der Waals surface area contributed by atoms with Crippen LogP contribution in [-0.4, -0.2) is 34.7 Å².